The van der Waals surface area contributed by atoms with E-state index in [1.807, 2.05) is 6.07 Å². The van der Waals surface area contributed by atoms with Gasteiger partial charge in [0.15, 0.2) is 0 Å². The lowest BCUT2D eigenvalue weighted by Crippen LogP contribution is -2.04. The normalized spacial score (nSPS) is 9.85. The van der Waals surface area contributed by atoms with E-state index in [4.69, 9.17) is 16.9 Å². The van der Waals surface area contributed by atoms with Gasteiger partial charge in [0.2, 0.25) is 11.1 Å². The van der Waals surface area contributed by atoms with Crippen LogP contribution in [0.2, 0.25) is 5.28 Å². The summed E-state index contributed by atoms with van der Waals surface area (Å²) in [7, 11) is 0. The molecular formula is C12H8ClN5O2. The number of aromatic nitrogens is 2. The number of nitriles is 1. The highest BCUT2D eigenvalue weighted by atomic mass is 35.5. The van der Waals surface area contributed by atoms with E-state index in [9.17, 15) is 10.1 Å². The number of nitrogens with zero attached hydrogens (tertiary/aromatic N) is 4. The second-order valence-electron chi connectivity index (χ2n) is 3.85. The van der Waals surface area contributed by atoms with Crippen LogP contribution in [0.25, 0.3) is 0 Å². The van der Waals surface area contributed by atoms with Crippen molar-refractivity contribution in [2.45, 2.75) is 6.92 Å². The van der Waals surface area contributed by atoms with Crippen molar-refractivity contribution < 1.29 is 4.92 Å². The first-order valence-corrected chi connectivity index (χ1v) is 5.85. The van der Waals surface area contributed by atoms with Crippen LogP contribution in [0.4, 0.5) is 17.2 Å². The van der Waals surface area contributed by atoms with Gasteiger partial charge in [-0.15, -0.1) is 0 Å². The Kier molecular flexibility index (Phi) is 3.77. The summed E-state index contributed by atoms with van der Waals surface area (Å²) in [6, 6.07) is 8.47. The van der Waals surface area contributed by atoms with Crippen molar-refractivity contribution >= 4 is 28.8 Å². The van der Waals surface area contributed by atoms with Gasteiger partial charge in [-0.3, -0.25) is 10.1 Å². The summed E-state index contributed by atoms with van der Waals surface area (Å²) >= 11 is 5.71. The number of rotatable bonds is 3. The predicted molar refractivity (Wildman–Crippen MR) is 72.9 cm³/mol. The summed E-state index contributed by atoms with van der Waals surface area (Å²) in [5, 5.41) is 22.6. The van der Waals surface area contributed by atoms with Crippen LogP contribution in [0.3, 0.4) is 0 Å². The lowest BCUT2D eigenvalue weighted by molar-refractivity contribution is -0.385. The Bertz CT molecular complexity index is 726. The summed E-state index contributed by atoms with van der Waals surface area (Å²) in [5.74, 6) is -0.0115. The van der Waals surface area contributed by atoms with Gasteiger partial charge in [0, 0.05) is 5.69 Å². The summed E-state index contributed by atoms with van der Waals surface area (Å²) < 4.78 is 0. The minimum atomic E-state index is -0.581. The molecule has 0 spiro atoms. The number of nitro groups is 1. The van der Waals surface area contributed by atoms with Crippen molar-refractivity contribution in [2.24, 2.45) is 0 Å². The van der Waals surface area contributed by atoms with Crippen LogP contribution in [-0.4, -0.2) is 14.9 Å². The van der Waals surface area contributed by atoms with Crippen LogP contribution in [0.15, 0.2) is 24.3 Å². The standard InChI is InChI=1S/C12H8ClN5O2/c1-7-10(18(19)20)11(17-12(13)15-7)16-9-4-2-3-8(5-9)6-14/h2-5H,1H3,(H,15,16,17). The quantitative estimate of drug-likeness (QED) is 0.529. The average molecular weight is 290 g/mol. The number of halogens is 1. The Morgan fingerprint density at radius 1 is 1.45 bits per heavy atom. The molecular weight excluding hydrogens is 282 g/mol. The molecule has 0 saturated carbocycles. The van der Waals surface area contributed by atoms with Gasteiger partial charge in [0.25, 0.3) is 0 Å². The largest absolute Gasteiger partial charge is 0.334 e. The van der Waals surface area contributed by atoms with Crippen molar-refractivity contribution in [1.29, 1.82) is 5.26 Å². The third kappa shape index (κ3) is 2.81. The predicted octanol–water partition coefficient (Wildman–Crippen LogP) is 2.96. The monoisotopic (exact) mass is 289 g/mol. The molecule has 0 bridgehead atoms. The Balaban J connectivity index is 2.47. The number of hydrogen-bond acceptors (Lipinski definition) is 6. The van der Waals surface area contributed by atoms with Crippen LogP contribution >= 0.6 is 11.6 Å². The third-order valence-electron chi connectivity index (χ3n) is 2.47. The topological polar surface area (TPSA) is 105 Å². The van der Waals surface area contributed by atoms with Crippen LogP contribution < -0.4 is 5.32 Å². The maximum Gasteiger partial charge on any atom is 0.332 e. The zero-order valence-electron chi connectivity index (χ0n) is 10.3. The van der Waals surface area contributed by atoms with Gasteiger partial charge in [-0.2, -0.15) is 10.2 Å². The highest BCUT2D eigenvalue weighted by Crippen LogP contribution is 2.29. The fourth-order valence-corrected chi connectivity index (χ4v) is 1.85. The van der Waals surface area contributed by atoms with E-state index in [1.54, 1.807) is 24.3 Å². The highest BCUT2D eigenvalue weighted by molar-refractivity contribution is 6.28. The number of hydrogen-bond donors (Lipinski definition) is 1. The average Bonchev–Trinajstić information content (AvgIpc) is 2.37. The van der Waals surface area contributed by atoms with E-state index < -0.39 is 4.92 Å². The summed E-state index contributed by atoms with van der Waals surface area (Å²) in [6.45, 7) is 1.47. The maximum absolute atomic E-state index is 11.1. The Labute approximate surface area is 119 Å². The molecule has 100 valence electrons. The molecule has 1 aromatic heterocycles. The SMILES string of the molecule is Cc1nc(Cl)nc(Nc2cccc(C#N)c2)c1[N+](=O)[O-]. The Morgan fingerprint density at radius 2 is 2.20 bits per heavy atom. The van der Waals surface area contributed by atoms with Crippen molar-refractivity contribution in [3.63, 3.8) is 0 Å². The van der Waals surface area contributed by atoms with E-state index in [1.165, 1.54) is 6.92 Å². The third-order valence-corrected chi connectivity index (χ3v) is 2.64. The summed E-state index contributed by atoms with van der Waals surface area (Å²) in [4.78, 5) is 18.1. The molecule has 8 heteroatoms. The molecule has 2 rings (SSSR count). The molecule has 1 N–H and O–H groups in total. The van der Waals surface area contributed by atoms with Gasteiger partial charge in [-0.1, -0.05) is 6.07 Å². The van der Waals surface area contributed by atoms with Crippen LogP contribution in [0, 0.1) is 28.4 Å². The van der Waals surface area contributed by atoms with Crippen molar-refractivity contribution in [3.8, 4) is 6.07 Å². The van der Waals surface area contributed by atoms with Crippen molar-refractivity contribution in [3.05, 3.63) is 50.9 Å². The zero-order valence-corrected chi connectivity index (χ0v) is 11.0. The van der Waals surface area contributed by atoms with E-state index in [2.05, 4.69) is 15.3 Å². The first-order valence-electron chi connectivity index (χ1n) is 5.47. The lowest BCUT2D eigenvalue weighted by atomic mass is 10.2. The van der Waals surface area contributed by atoms with E-state index >= 15 is 0 Å². The molecule has 1 aromatic carbocycles. The van der Waals surface area contributed by atoms with E-state index in [0.29, 0.717) is 11.3 Å². The van der Waals surface area contributed by atoms with Gasteiger partial charge in [0.1, 0.15) is 5.69 Å². The second-order valence-corrected chi connectivity index (χ2v) is 4.19. The molecule has 0 atom stereocenters. The molecule has 0 saturated heterocycles. The summed E-state index contributed by atoms with van der Waals surface area (Å²) in [5.41, 5.74) is 0.835. The first kappa shape index (κ1) is 13.7. The molecule has 0 aliphatic rings. The maximum atomic E-state index is 11.1. The van der Waals surface area contributed by atoms with Gasteiger partial charge in [0.05, 0.1) is 16.6 Å². The molecule has 20 heavy (non-hydrogen) atoms. The minimum Gasteiger partial charge on any atom is -0.334 e. The molecule has 0 amide bonds. The molecule has 0 unspecified atom stereocenters. The number of aryl methyl sites for hydroxylation is 1. The lowest BCUT2D eigenvalue weighted by Gasteiger charge is -2.07. The molecule has 0 aliphatic carbocycles. The second kappa shape index (κ2) is 5.50. The Morgan fingerprint density at radius 3 is 2.85 bits per heavy atom. The first-order chi connectivity index (χ1) is 9.51. The fraction of sp³-hybridized carbons (Fsp3) is 0.0833. The fourth-order valence-electron chi connectivity index (χ4n) is 1.64. The molecule has 0 radical (unpaired) electrons. The molecule has 0 fully saturated rings. The minimum absolute atomic E-state index is 0.0115. The van der Waals surface area contributed by atoms with Gasteiger partial charge >= 0.3 is 5.69 Å². The zero-order chi connectivity index (χ0) is 14.7. The smallest absolute Gasteiger partial charge is 0.332 e. The van der Waals surface area contributed by atoms with Gasteiger partial charge in [-0.25, -0.2) is 4.98 Å². The van der Waals surface area contributed by atoms with Crippen LogP contribution in [-0.2, 0) is 0 Å². The Hall–Kier alpha value is -2.72. The number of anilines is 2. The number of nitrogens with one attached hydrogen (secondary N) is 1. The molecule has 1 heterocycles. The van der Waals surface area contributed by atoms with Gasteiger partial charge < -0.3 is 5.32 Å². The molecule has 7 nitrogen and oxygen atoms in total. The van der Waals surface area contributed by atoms with Crippen molar-refractivity contribution in [2.75, 3.05) is 5.32 Å². The van der Waals surface area contributed by atoms with E-state index in [0.717, 1.165) is 0 Å². The van der Waals surface area contributed by atoms with E-state index in [-0.39, 0.29) is 22.5 Å². The summed E-state index contributed by atoms with van der Waals surface area (Å²) in [6.07, 6.45) is 0. The van der Waals surface area contributed by atoms with Gasteiger partial charge in [-0.05, 0) is 36.7 Å². The van der Waals surface area contributed by atoms with Crippen LogP contribution in [0.1, 0.15) is 11.3 Å². The highest BCUT2D eigenvalue weighted by Gasteiger charge is 2.21. The number of benzene rings is 1. The van der Waals surface area contributed by atoms with Crippen LogP contribution in [0.5, 0.6) is 0 Å². The molecule has 2 aromatic rings. The van der Waals surface area contributed by atoms with Crippen molar-refractivity contribution in [1.82, 2.24) is 9.97 Å². The molecule has 0 aliphatic heterocycles.